The normalized spacial score (nSPS) is 10.8. The smallest absolute Gasteiger partial charge is 0.433 e. The number of furan rings is 2. The van der Waals surface area contributed by atoms with E-state index < -0.39 is 22.7 Å². The molecule has 0 spiro atoms. The van der Waals surface area contributed by atoms with Crippen molar-refractivity contribution in [1.29, 1.82) is 0 Å². The number of hydrogen-bond acceptors (Lipinski definition) is 8. The Kier molecular flexibility index (Phi) is 5.15. The van der Waals surface area contributed by atoms with Crippen LogP contribution in [0.5, 0.6) is 0 Å². The summed E-state index contributed by atoms with van der Waals surface area (Å²) >= 11 is 0. The highest BCUT2D eigenvalue weighted by atomic mass is 16.6. The van der Waals surface area contributed by atoms with Crippen LogP contribution in [0.1, 0.15) is 27.6 Å². The summed E-state index contributed by atoms with van der Waals surface area (Å²) in [4.78, 5) is 32.8. The maximum Gasteiger partial charge on any atom is 0.433 e. The molecule has 0 bridgehead atoms. The summed E-state index contributed by atoms with van der Waals surface area (Å²) in [6.45, 7) is 1.40. The van der Waals surface area contributed by atoms with E-state index in [0.717, 1.165) is 6.08 Å². The average Bonchev–Trinajstić information content (AvgIpc) is 3.17. The molecule has 24 heavy (non-hydrogen) atoms. The van der Waals surface area contributed by atoms with Crippen molar-refractivity contribution in [3.63, 3.8) is 0 Å². The minimum atomic E-state index is -0.706. The third-order valence-corrected chi connectivity index (χ3v) is 2.91. The monoisotopic (exact) mass is 335 g/mol. The highest BCUT2D eigenvalue weighted by Crippen LogP contribution is 2.18. The second kappa shape index (κ2) is 7.27. The molecule has 0 saturated carbocycles. The largest absolute Gasteiger partial charge is 0.465 e. The lowest BCUT2D eigenvalue weighted by atomic mass is 10.2. The minimum Gasteiger partial charge on any atom is -0.465 e. The molecule has 2 rings (SSSR count). The summed E-state index contributed by atoms with van der Waals surface area (Å²) in [6, 6.07) is 3.94. The predicted octanol–water partition coefficient (Wildman–Crippen LogP) is 2.63. The van der Waals surface area contributed by atoms with Gasteiger partial charge in [-0.25, -0.2) is 9.59 Å². The summed E-state index contributed by atoms with van der Waals surface area (Å²) in [5.41, 5.74) is 0.252. The first-order valence-corrected chi connectivity index (χ1v) is 6.67. The van der Waals surface area contributed by atoms with E-state index in [0.29, 0.717) is 5.76 Å². The number of carbonyl (C=O) groups is 2. The Balaban J connectivity index is 1.92. The SMILES string of the molecule is COC(=O)c1cc(COC(=O)/C=C/c2ccc([N+](=O)[O-])o2)oc1C. The van der Waals surface area contributed by atoms with Crippen molar-refractivity contribution in [3.05, 3.63) is 57.2 Å². The first kappa shape index (κ1) is 17.0. The van der Waals surface area contributed by atoms with Crippen LogP contribution in [0.2, 0.25) is 0 Å². The van der Waals surface area contributed by atoms with Crippen molar-refractivity contribution in [1.82, 2.24) is 0 Å². The first-order valence-electron chi connectivity index (χ1n) is 6.67. The Morgan fingerprint density at radius 3 is 2.71 bits per heavy atom. The molecular formula is C15H13NO8. The quantitative estimate of drug-likeness (QED) is 0.342. The van der Waals surface area contributed by atoms with Crippen LogP contribution in [0.25, 0.3) is 6.08 Å². The Bertz CT molecular complexity index is 798. The lowest BCUT2D eigenvalue weighted by Crippen LogP contribution is -2.01. The molecule has 0 aliphatic heterocycles. The molecule has 2 aromatic heterocycles. The molecule has 0 aromatic carbocycles. The van der Waals surface area contributed by atoms with E-state index in [1.54, 1.807) is 6.92 Å². The minimum absolute atomic E-state index is 0.139. The topological polar surface area (TPSA) is 122 Å². The van der Waals surface area contributed by atoms with E-state index in [-0.39, 0.29) is 23.7 Å². The van der Waals surface area contributed by atoms with Crippen molar-refractivity contribution < 1.29 is 32.8 Å². The number of rotatable bonds is 6. The Morgan fingerprint density at radius 2 is 2.08 bits per heavy atom. The zero-order chi connectivity index (χ0) is 17.7. The summed E-state index contributed by atoms with van der Waals surface area (Å²) in [6.07, 6.45) is 2.29. The molecule has 0 aliphatic carbocycles. The van der Waals surface area contributed by atoms with Gasteiger partial charge in [0.25, 0.3) is 0 Å². The van der Waals surface area contributed by atoms with Crippen LogP contribution in [-0.4, -0.2) is 24.0 Å². The van der Waals surface area contributed by atoms with E-state index in [1.165, 1.54) is 31.4 Å². The number of methoxy groups -OCH3 is 1. The van der Waals surface area contributed by atoms with Gasteiger partial charge in [0.1, 0.15) is 34.4 Å². The highest BCUT2D eigenvalue weighted by Gasteiger charge is 2.16. The van der Waals surface area contributed by atoms with Crippen LogP contribution in [-0.2, 0) is 20.9 Å². The van der Waals surface area contributed by atoms with Crippen molar-refractivity contribution in [2.75, 3.05) is 7.11 Å². The highest BCUT2D eigenvalue weighted by molar-refractivity contribution is 5.90. The van der Waals surface area contributed by atoms with Gasteiger partial charge in [-0.3, -0.25) is 10.1 Å². The van der Waals surface area contributed by atoms with E-state index in [9.17, 15) is 19.7 Å². The molecule has 0 unspecified atom stereocenters. The number of nitrogens with zero attached hydrogens (tertiary/aromatic N) is 1. The van der Waals surface area contributed by atoms with Gasteiger partial charge in [0.05, 0.1) is 13.2 Å². The summed E-state index contributed by atoms with van der Waals surface area (Å²) < 4.78 is 19.7. The molecule has 0 N–H and O–H groups in total. The van der Waals surface area contributed by atoms with Gasteiger partial charge in [-0.15, -0.1) is 0 Å². The molecule has 0 amide bonds. The standard InChI is InChI=1S/C15H13NO8/c1-9-12(15(18)21-2)7-11(23-9)8-22-14(17)6-4-10-3-5-13(24-10)16(19)20/h3-7H,8H2,1-2H3/b6-4+. The summed E-state index contributed by atoms with van der Waals surface area (Å²) in [5, 5.41) is 10.5. The molecule has 2 aromatic rings. The number of ether oxygens (including phenoxy) is 2. The number of esters is 2. The molecule has 0 saturated heterocycles. The van der Waals surface area contributed by atoms with Gasteiger partial charge in [-0.2, -0.15) is 0 Å². The van der Waals surface area contributed by atoms with Crippen LogP contribution in [0.3, 0.4) is 0 Å². The Hall–Kier alpha value is -3.36. The van der Waals surface area contributed by atoms with Gasteiger partial charge in [-0.1, -0.05) is 0 Å². The lowest BCUT2D eigenvalue weighted by molar-refractivity contribution is -0.402. The van der Waals surface area contributed by atoms with Crippen molar-refractivity contribution >= 4 is 23.9 Å². The zero-order valence-electron chi connectivity index (χ0n) is 12.8. The van der Waals surface area contributed by atoms with Gasteiger partial charge in [0, 0.05) is 6.08 Å². The van der Waals surface area contributed by atoms with Crippen molar-refractivity contribution in [2.45, 2.75) is 13.5 Å². The van der Waals surface area contributed by atoms with Gasteiger partial charge in [-0.05, 0) is 25.1 Å². The van der Waals surface area contributed by atoms with Gasteiger partial charge >= 0.3 is 17.8 Å². The Labute approximate surface area is 135 Å². The molecule has 0 aliphatic rings. The molecule has 9 heteroatoms. The van der Waals surface area contributed by atoms with Crippen LogP contribution >= 0.6 is 0 Å². The number of carbonyl (C=O) groups excluding carboxylic acids is 2. The third kappa shape index (κ3) is 4.09. The van der Waals surface area contributed by atoms with Gasteiger partial charge in [0.2, 0.25) is 0 Å². The number of aryl methyl sites for hydroxylation is 1. The fraction of sp³-hybridized carbons (Fsp3) is 0.200. The molecule has 0 atom stereocenters. The predicted molar refractivity (Wildman–Crippen MR) is 79.0 cm³/mol. The van der Waals surface area contributed by atoms with E-state index in [1.807, 2.05) is 0 Å². The summed E-state index contributed by atoms with van der Waals surface area (Å²) in [7, 11) is 1.25. The van der Waals surface area contributed by atoms with E-state index in [4.69, 9.17) is 13.6 Å². The van der Waals surface area contributed by atoms with Crippen molar-refractivity contribution in [2.24, 2.45) is 0 Å². The molecule has 9 nitrogen and oxygen atoms in total. The second-order valence-electron chi connectivity index (χ2n) is 4.55. The molecular weight excluding hydrogens is 322 g/mol. The molecule has 0 fully saturated rings. The van der Waals surface area contributed by atoms with Crippen LogP contribution in [0.4, 0.5) is 5.88 Å². The zero-order valence-corrected chi connectivity index (χ0v) is 12.8. The maximum absolute atomic E-state index is 11.6. The fourth-order valence-electron chi connectivity index (χ4n) is 1.80. The Morgan fingerprint density at radius 1 is 1.33 bits per heavy atom. The molecule has 126 valence electrons. The first-order chi connectivity index (χ1) is 11.4. The number of hydrogen-bond donors (Lipinski definition) is 0. The maximum atomic E-state index is 11.6. The fourth-order valence-corrected chi connectivity index (χ4v) is 1.80. The van der Waals surface area contributed by atoms with E-state index in [2.05, 4.69) is 4.74 Å². The second-order valence-corrected chi connectivity index (χ2v) is 4.55. The van der Waals surface area contributed by atoms with Gasteiger partial charge in [0.15, 0.2) is 0 Å². The molecule has 2 heterocycles. The van der Waals surface area contributed by atoms with Crippen LogP contribution in [0, 0.1) is 17.0 Å². The van der Waals surface area contributed by atoms with Crippen molar-refractivity contribution in [3.8, 4) is 0 Å². The molecule has 0 radical (unpaired) electrons. The van der Waals surface area contributed by atoms with Gasteiger partial charge < -0.3 is 18.3 Å². The third-order valence-electron chi connectivity index (χ3n) is 2.91. The number of nitro groups is 1. The van der Waals surface area contributed by atoms with Crippen LogP contribution < -0.4 is 0 Å². The summed E-state index contributed by atoms with van der Waals surface area (Å²) in [5.74, 6) is -0.907. The van der Waals surface area contributed by atoms with Crippen LogP contribution in [0.15, 0.2) is 33.1 Å². The average molecular weight is 335 g/mol. The van der Waals surface area contributed by atoms with E-state index >= 15 is 0 Å². The lowest BCUT2D eigenvalue weighted by Gasteiger charge is -1.97.